The van der Waals surface area contributed by atoms with Crippen molar-refractivity contribution < 1.29 is 9.53 Å². The van der Waals surface area contributed by atoms with Crippen molar-refractivity contribution in [3.63, 3.8) is 0 Å². The minimum Gasteiger partial charge on any atom is -0.468 e. The van der Waals surface area contributed by atoms with Gasteiger partial charge in [-0.2, -0.15) is 0 Å². The molecule has 0 atom stereocenters. The molecule has 0 spiro atoms. The molecule has 0 aliphatic carbocycles. The quantitative estimate of drug-likeness (QED) is 0.539. The molecule has 0 bridgehead atoms. The highest BCUT2D eigenvalue weighted by Crippen LogP contribution is 2.32. The molecule has 0 aromatic heterocycles. The van der Waals surface area contributed by atoms with Crippen LogP contribution in [-0.4, -0.2) is 29.2 Å². The predicted octanol–water partition coefficient (Wildman–Crippen LogP) is 0.965. The van der Waals surface area contributed by atoms with Gasteiger partial charge in [-0.05, 0) is 0 Å². The zero-order chi connectivity index (χ0) is 6.69. The first-order valence-corrected chi connectivity index (χ1v) is 4.75. The molecule has 0 unspecified atom stereocenters. The molecule has 1 aliphatic rings. The zero-order valence-corrected chi connectivity index (χ0v) is 6.76. The van der Waals surface area contributed by atoms with Gasteiger partial charge >= 0.3 is 5.97 Å². The Hall–Kier alpha value is 0.170. The molecular formula is C5H8O2S2. The average Bonchev–Trinajstić information content (AvgIpc) is 2.37. The van der Waals surface area contributed by atoms with Crippen molar-refractivity contribution in [2.75, 3.05) is 18.6 Å². The first-order valence-electron chi connectivity index (χ1n) is 2.65. The van der Waals surface area contributed by atoms with Gasteiger partial charge in [0.1, 0.15) is 4.58 Å². The summed E-state index contributed by atoms with van der Waals surface area (Å²) in [5.74, 6) is 2.05. The van der Waals surface area contributed by atoms with E-state index < -0.39 is 0 Å². The maximum absolute atomic E-state index is 10.8. The van der Waals surface area contributed by atoms with Crippen LogP contribution in [0.5, 0.6) is 0 Å². The Labute approximate surface area is 62.7 Å². The summed E-state index contributed by atoms with van der Waals surface area (Å²) in [6.45, 7) is 0. The number of hydrogen-bond donors (Lipinski definition) is 0. The Morgan fingerprint density at radius 2 is 2.11 bits per heavy atom. The molecule has 9 heavy (non-hydrogen) atoms. The largest absolute Gasteiger partial charge is 0.468 e. The molecule has 4 heteroatoms. The van der Waals surface area contributed by atoms with Gasteiger partial charge in [0.05, 0.1) is 7.11 Å². The van der Waals surface area contributed by atoms with Gasteiger partial charge in [-0.15, -0.1) is 23.5 Å². The monoisotopic (exact) mass is 164 g/mol. The number of esters is 1. The molecule has 1 fully saturated rings. The number of carbonyl (C=O) groups excluding carboxylic acids is 1. The fraction of sp³-hybridized carbons (Fsp3) is 0.800. The van der Waals surface area contributed by atoms with Gasteiger partial charge in [0.2, 0.25) is 0 Å². The van der Waals surface area contributed by atoms with E-state index in [1.54, 1.807) is 23.5 Å². The highest BCUT2D eigenvalue weighted by Gasteiger charge is 2.24. The summed E-state index contributed by atoms with van der Waals surface area (Å²) in [6.07, 6.45) is 0. The van der Waals surface area contributed by atoms with Gasteiger partial charge in [-0.3, -0.25) is 0 Å². The van der Waals surface area contributed by atoms with Crippen LogP contribution in [0.3, 0.4) is 0 Å². The topological polar surface area (TPSA) is 26.3 Å². The molecule has 0 N–H and O–H groups in total. The summed E-state index contributed by atoms with van der Waals surface area (Å²) in [5.41, 5.74) is 0. The Bertz CT molecular complexity index is 110. The standard InChI is InChI=1S/C5H8O2S2/c1-7-4(6)5-8-2-3-9-5/h5H,2-3H2,1H3. The summed E-state index contributed by atoms with van der Waals surface area (Å²) < 4.78 is 4.60. The number of thioether (sulfide) groups is 2. The lowest BCUT2D eigenvalue weighted by molar-refractivity contribution is -0.138. The van der Waals surface area contributed by atoms with E-state index in [2.05, 4.69) is 4.74 Å². The van der Waals surface area contributed by atoms with E-state index in [9.17, 15) is 4.79 Å². The Morgan fingerprint density at radius 1 is 1.56 bits per heavy atom. The third-order valence-corrected chi connectivity index (χ3v) is 3.96. The molecule has 1 rings (SSSR count). The van der Waals surface area contributed by atoms with Gasteiger partial charge < -0.3 is 4.74 Å². The highest BCUT2D eigenvalue weighted by atomic mass is 32.2. The Morgan fingerprint density at radius 3 is 2.56 bits per heavy atom. The summed E-state index contributed by atoms with van der Waals surface area (Å²) in [6, 6.07) is 0. The number of ether oxygens (including phenoxy) is 1. The lowest BCUT2D eigenvalue weighted by Gasteiger charge is -2.02. The minimum absolute atomic E-state index is 0.0509. The number of rotatable bonds is 1. The van der Waals surface area contributed by atoms with Crippen molar-refractivity contribution in [2.45, 2.75) is 4.58 Å². The van der Waals surface area contributed by atoms with Gasteiger partial charge in [-0.25, -0.2) is 4.79 Å². The maximum Gasteiger partial charge on any atom is 0.329 e. The Kier molecular flexibility index (Phi) is 2.72. The van der Waals surface area contributed by atoms with Crippen molar-refractivity contribution in [1.82, 2.24) is 0 Å². The van der Waals surface area contributed by atoms with Crippen LogP contribution in [0.25, 0.3) is 0 Å². The smallest absolute Gasteiger partial charge is 0.329 e. The maximum atomic E-state index is 10.8. The molecule has 0 saturated carbocycles. The van der Waals surface area contributed by atoms with E-state index >= 15 is 0 Å². The summed E-state index contributed by atoms with van der Waals surface area (Å²) in [7, 11) is 1.43. The van der Waals surface area contributed by atoms with Crippen LogP contribution in [0, 0.1) is 0 Å². The number of carbonyl (C=O) groups is 1. The molecule has 52 valence electrons. The zero-order valence-electron chi connectivity index (χ0n) is 5.12. The SMILES string of the molecule is COC(=O)C1SCCS1. The van der Waals surface area contributed by atoms with Crippen LogP contribution in [0.1, 0.15) is 0 Å². The lowest BCUT2D eigenvalue weighted by Crippen LogP contribution is -2.11. The van der Waals surface area contributed by atoms with Gasteiger partial charge in [-0.1, -0.05) is 0 Å². The van der Waals surface area contributed by atoms with E-state index in [4.69, 9.17) is 0 Å². The van der Waals surface area contributed by atoms with Crippen molar-refractivity contribution in [1.29, 1.82) is 0 Å². The second kappa shape index (κ2) is 3.37. The van der Waals surface area contributed by atoms with Crippen LogP contribution in [0.15, 0.2) is 0 Å². The van der Waals surface area contributed by atoms with Crippen LogP contribution in [0.2, 0.25) is 0 Å². The van der Waals surface area contributed by atoms with Crippen molar-refractivity contribution in [2.24, 2.45) is 0 Å². The fourth-order valence-electron chi connectivity index (χ4n) is 0.591. The van der Waals surface area contributed by atoms with Crippen LogP contribution in [-0.2, 0) is 9.53 Å². The van der Waals surface area contributed by atoms with E-state index in [0.29, 0.717) is 0 Å². The fourth-order valence-corrected chi connectivity index (χ4v) is 3.22. The predicted molar refractivity (Wildman–Crippen MR) is 40.7 cm³/mol. The summed E-state index contributed by atoms with van der Waals surface area (Å²) >= 11 is 3.33. The molecule has 1 heterocycles. The van der Waals surface area contributed by atoms with Gasteiger partial charge in [0.15, 0.2) is 0 Å². The van der Waals surface area contributed by atoms with Crippen molar-refractivity contribution in [3.05, 3.63) is 0 Å². The third-order valence-electron chi connectivity index (χ3n) is 1.02. The average molecular weight is 164 g/mol. The second-order valence-corrected chi connectivity index (χ2v) is 4.32. The van der Waals surface area contributed by atoms with E-state index in [-0.39, 0.29) is 10.6 Å². The molecule has 0 radical (unpaired) electrons. The molecular weight excluding hydrogens is 156 g/mol. The van der Waals surface area contributed by atoms with Crippen LogP contribution >= 0.6 is 23.5 Å². The van der Waals surface area contributed by atoms with Crippen molar-refractivity contribution in [3.8, 4) is 0 Å². The first-order chi connectivity index (χ1) is 4.34. The molecule has 0 aromatic rings. The first kappa shape index (κ1) is 7.28. The number of hydrogen-bond acceptors (Lipinski definition) is 4. The molecule has 0 aromatic carbocycles. The van der Waals surface area contributed by atoms with Crippen LogP contribution < -0.4 is 0 Å². The minimum atomic E-state index is -0.0949. The van der Waals surface area contributed by atoms with Gasteiger partial charge in [0, 0.05) is 11.5 Å². The normalized spacial score (nSPS) is 20.1. The second-order valence-electron chi connectivity index (χ2n) is 1.60. The molecule has 1 saturated heterocycles. The molecule has 1 aliphatic heterocycles. The summed E-state index contributed by atoms with van der Waals surface area (Å²) in [5, 5.41) is 0. The van der Waals surface area contributed by atoms with E-state index in [0.717, 1.165) is 11.5 Å². The number of methoxy groups -OCH3 is 1. The van der Waals surface area contributed by atoms with E-state index in [1.165, 1.54) is 7.11 Å². The Balaban J connectivity index is 2.32. The third kappa shape index (κ3) is 1.79. The lowest BCUT2D eigenvalue weighted by atomic mass is 10.8. The summed E-state index contributed by atoms with van der Waals surface area (Å²) in [4.78, 5) is 10.8. The molecule has 0 amide bonds. The molecule has 2 nitrogen and oxygen atoms in total. The van der Waals surface area contributed by atoms with Crippen LogP contribution in [0.4, 0.5) is 0 Å². The highest BCUT2D eigenvalue weighted by molar-refractivity contribution is 8.21. The van der Waals surface area contributed by atoms with Gasteiger partial charge in [0.25, 0.3) is 0 Å². The van der Waals surface area contributed by atoms with E-state index in [1.807, 2.05) is 0 Å². The van der Waals surface area contributed by atoms with Crippen molar-refractivity contribution >= 4 is 29.5 Å².